The van der Waals surface area contributed by atoms with Gasteiger partial charge in [0.05, 0.1) is 16.8 Å². The second kappa shape index (κ2) is 11.1. The molecule has 0 saturated heterocycles. The maximum atomic E-state index is 15.7. The SMILES string of the molecule is CC[C@H]1Cc2ccccc2S(=O)(=O)N(Cc2cc([C@H](CC(=O)O)c3ccc4c(nnn4CC)c3F)ccc2C)C1. The number of aliphatic carboxylic acids is 1. The molecule has 5 rings (SSSR count). The van der Waals surface area contributed by atoms with E-state index in [0.717, 1.165) is 23.1 Å². The number of carbonyl (C=O) groups is 1. The van der Waals surface area contributed by atoms with Crippen LogP contribution in [0, 0.1) is 18.7 Å². The van der Waals surface area contributed by atoms with Gasteiger partial charge in [-0.25, -0.2) is 17.5 Å². The highest BCUT2D eigenvalue weighted by Crippen LogP contribution is 2.35. The Bertz CT molecular complexity index is 1680. The Labute approximate surface area is 233 Å². The largest absolute Gasteiger partial charge is 0.481 e. The number of nitrogens with zero attached hydrogens (tertiary/aromatic N) is 4. The predicted octanol–water partition coefficient (Wildman–Crippen LogP) is 5.28. The van der Waals surface area contributed by atoms with E-state index in [4.69, 9.17) is 0 Å². The smallest absolute Gasteiger partial charge is 0.304 e. The Balaban J connectivity index is 1.56. The first-order chi connectivity index (χ1) is 19.1. The molecule has 40 heavy (non-hydrogen) atoms. The molecule has 10 heteroatoms. The minimum Gasteiger partial charge on any atom is -0.481 e. The van der Waals surface area contributed by atoms with Crippen LogP contribution in [0.3, 0.4) is 0 Å². The van der Waals surface area contributed by atoms with E-state index in [1.54, 1.807) is 35.0 Å². The fourth-order valence-electron chi connectivity index (χ4n) is 5.62. The Kier molecular flexibility index (Phi) is 7.74. The van der Waals surface area contributed by atoms with Crippen molar-refractivity contribution in [3.05, 3.63) is 88.2 Å². The Morgan fingerprint density at radius 1 is 1.15 bits per heavy atom. The van der Waals surface area contributed by atoms with Gasteiger partial charge >= 0.3 is 5.97 Å². The third kappa shape index (κ3) is 5.13. The maximum absolute atomic E-state index is 15.7. The van der Waals surface area contributed by atoms with Crippen LogP contribution in [0.1, 0.15) is 60.4 Å². The number of sulfonamides is 1. The minimum absolute atomic E-state index is 0.0991. The lowest BCUT2D eigenvalue weighted by molar-refractivity contribution is -0.137. The summed E-state index contributed by atoms with van der Waals surface area (Å²) in [7, 11) is -3.75. The van der Waals surface area contributed by atoms with Crippen molar-refractivity contribution in [3.8, 4) is 0 Å². The second-order valence-electron chi connectivity index (χ2n) is 10.5. The summed E-state index contributed by atoms with van der Waals surface area (Å²) < 4.78 is 46.4. The number of aromatic nitrogens is 3. The van der Waals surface area contributed by atoms with Crippen LogP contribution in [0.25, 0.3) is 11.0 Å². The van der Waals surface area contributed by atoms with Crippen LogP contribution in [0.5, 0.6) is 0 Å². The fraction of sp³-hybridized carbons (Fsp3) is 0.367. The molecule has 0 spiro atoms. The third-order valence-corrected chi connectivity index (χ3v) is 9.88. The van der Waals surface area contributed by atoms with Crippen LogP contribution in [0.2, 0.25) is 0 Å². The molecule has 2 heterocycles. The number of aryl methyl sites for hydroxylation is 2. The molecule has 210 valence electrons. The summed E-state index contributed by atoms with van der Waals surface area (Å²) in [5.41, 5.74) is 3.92. The molecule has 0 bridgehead atoms. The van der Waals surface area contributed by atoms with Gasteiger partial charge in [0.15, 0.2) is 5.82 Å². The van der Waals surface area contributed by atoms with Gasteiger partial charge in [-0.3, -0.25) is 4.79 Å². The van der Waals surface area contributed by atoms with Gasteiger partial charge in [0, 0.05) is 25.6 Å². The first-order valence-corrected chi connectivity index (χ1v) is 15.0. The summed E-state index contributed by atoms with van der Waals surface area (Å²) in [6.45, 7) is 6.89. The highest BCUT2D eigenvalue weighted by molar-refractivity contribution is 7.89. The molecule has 0 saturated carbocycles. The van der Waals surface area contributed by atoms with Gasteiger partial charge in [0.25, 0.3) is 0 Å². The molecule has 8 nitrogen and oxygen atoms in total. The van der Waals surface area contributed by atoms with E-state index in [2.05, 4.69) is 17.2 Å². The van der Waals surface area contributed by atoms with Crippen LogP contribution in [0.4, 0.5) is 4.39 Å². The topological polar surface area (TPSA) is 105 Å². The number of fused-ring (bicyclic) bond motifs is 2. The molecule has 1 aliphatic heterocycles. The van der Waals surface area contributed by atoms with E-state index in [0.29, 0.717) is 35.5 Å². The number of rotatable bonds is 8. The summed E-state index contributed by atoms with van der Waals surface area (Å²) in [5.74, 6) is -2.29. The zero-order chi connectivity index (χ0) is 28.6. The highest BCUT2D eigenvalue weighted by atomic mass is 32.2. The molecule has 0 radical (unpaired) electrons. The van der Waals surface area contributed by atoms with E-state index in [9.17, 15) is 18.3 Å². The number of carboxylic acid groups (broad SMARTS) is 1. The number of hydrogen-bond donors (Lipinski definition) is 1. The zero-order valence-corrected chi connectivity index (χ0v) is 23.7. The van der Waals surface area contributed by atoms with E-state index in [1.807, 2.05) is 38.1 Å². The first-order valence-electron chi connectivity index (χ1n) is 13.5. The van der Waals surface area contributed by atoms with Gasteiger partial charge < -0.3 is 5.11 Å². The predicted molar refractivity (Wildman–Crippen MR) is 150 cm³/mol. The van der Waals surface area contributed by atoms with E-state index >= 15 is 4.39 Å². The number of hydrogen-bond acceptors (Lipinski definition) is 5. The molecule has 1 aromatic heterocycles. The maximum Gasteiger partial charge on any atom is 0.304 e. The molecule has 0 amide bonds. The van der Waals surface area contributed by atoms with Crippen molar-refractivity contribution in [2.75, 3.05) is 6.54 Å². The summed E-state index contributed by atoms with van der Waals surface area (Å²) in [5, 5.41) is 17.7. The Morgan fingerprint density at radius 3 is 2.65 bits per heavy atom. The molecule has 0 aliphatic carbocycles. The van der Waals surface area contributed by atoms with Crippen molar-refractivity contribution in [1.29, 1.82) is 0 Å². The Hall–Kier alpha value is -3.63. The fourth-order valence-corrected chi connectivity index (χ4v) is 7.35. The van der Waals surface area contributed by atoms with Gasteiger partial charge in [-0.05, 0) is 66.1 Å². The molecule has 1 aliphatic rings. The number of benzene rings is 3. The minimum atomic E-state index is -3.75. The van der Waals surface area contributed by atoms with Crippen molar-refractivity contribution >= 4 is 27.0 Å². The number of halogens is 1. The lowest BCUT2D eigenvalue weighted by Gasteiger charge is -2.25. The molecule has 1 N–H and O–H groups in total. The van der Waals surface area contributed by atoms with Crippen LogP contribution in [0.15, 0.2) is 59.5 Å². The lowest BCUT2D eigenvalue weighted by Crippen LogP contribution is -2.33. The van der Waals surface area contributed by atoms with Gasteiger partial charge in [-0.2, -0.15) is 4.31 Å². The number of carboxylic acids is 1. The van der Waals surface area contributed by atoms with Crippen molar-refractivity contribution in [3.63, 3.8) is 0 Å². The molecule has 2 atom stereocenters. The summed E-state index contributed by atoms with van der Waals surface area (Å²) in [4.78, 5) is 12.3. The average molecular weight is 565 g/mol. The monoisotopic (exact) mass is 564 g/mol. The van der Waals surface area contributed by atoms with Crippen LogP contribution in [-0.2, 0) is 34.3 Å². The molecular formula is C30H33FN4O4S. The van der Waals surface area contributed by atoms with Crippen LogP contribution >= 0.6 is 0 Å². The van der Waals surface area contributed by atoms with Gasteiger partial charge in [0.2, 0.25) is 10.0 Å². The van der Waals surface area contributed by atoms with E-state index in [1.165, 1.54) is 4.31 Å². The average Bonchev–Trinajstić information content (AvgIpc) is 3.32. The molecule has 0 fully saturated rings. The van der Waals surface area contributed by atoms with Gasteiger partial charge in [-0.15, -0.1) is 5.10 Å². The van der Waals surface area contributed by atoms with Crippen molar-refractivity contribution in [2.24, 2.45) is 5.92 Å². The van der Waals surface area contributed by atoms with Gasteiger partial charge in [0.1, 0.15) is 5.52 Å². The highest BCUT2D eigenvalue weighted by Gasteiger charge is 2.33. The normalized spacial score (nSPS) is 17.9. The van der Waals surface area contributed by atoms with Crippen molar-refractivity contribution in [2.45, 2.75) is 63.9 Å². The molecule has 3 aromatic carbocycles. The lowest BCUT2D eigenvalue weighted by atomic mass is 9.86. The van der Waals surface area contributed by atoms with Gasteiger partial charge in [-0.1, -0.05) is 61.0 Å². The Morgan fingerprint density at radius 2 is 1.93 bits per heavy atom. The molecule has 4 aromatic rings. The zero-order valence-electron chi connectivity index (χ0n) is 22.8. The molecule has 0 unspecified atom stereocenters. The summed E-state index contributed by atoms with van der Waals surface area (Å²) in [6, 6.07) is 15.9. The van der Waals surface area contributed by atoms with Crippen molar-refractivity contribution < 1.29 is 22.7 Å². The third-order valence-electron chi connectivity index (χ3n) is 7.97. The summed E-state index contributed by atoms with van der Waals surface area (Å²) in [6.07, 6.45) is 1.19. The summed E-state index contributed by atoms with van der Waals surface area (Å²) >= 11 is 0. The van der Waals surface area contributed by atoms with E-state index < -0.39 is 27.7 Å². The standard InChI is InChI=1S/C30H33FN4O4S/c1-4-20-14-22-8-6-7-9-27(22)40(38,39)34(17-20)18-23-15-21(11-10-19(23)3)25(16-28(36)37)24-12-13-26-30(29(24)31)32-33-35(26)5-2/h6-13,15,20,25H,4-5,14,16-18H2,1-3H3,(H,36,37)/t20-,25-/m0/s1. The van der Waals surface area contributed by atoms with Crippen LogP contribution < -0.4 is 0 Å². The van der Waals surface area contributed by atoms with Crippen molar-refractivity contribution in [1.82, 2.24) is 19.3 Å². The second-order valence-corrected chi connectivity index (χ2v) is 12.4. The molecular weight excluding hydrogens is 531 g/mol. The first kappa shape index (κ1) is 27.9. The van der Waals surface area contributed by atoms with Crippen LogP contribution in [-0.4, -0.2) is 45.3 Å². The van der Waals surface area contributed by atoms with E-state index in [-0.39, 0.29) is 30.0 Å². The quantitative estimate of drug-likeness (QED) is 0.312.